The summed E-state index contributed by atoms with van der Waals surface area (Å²) >= 11 is 1.29. The maximum absolute atomic E-state index is 13.7. The van der Waals surface area contributed by atoms with Gasteiger partial charge < -0.3 is 14.2 Å². The van der Waals surface area contributed by atoms with Crippen LogP contribution in [0.3, 0.4) is 0 Å². The van der Waals surface area contributed by atoms with Gasteiger partial charge in [0.15, 0.2) is 4.80 Å². The second-order valence-corrected chi connectivity index (χ2v) is 9.70. The lowest BCUT2D eigenvalue weighted by atomic mass is 9.96. The second-order valence-electron chi connectivity index (χ2n) is 8.69. The SMILES string of the molecule is COC(=O)C1=C(C)N=c2sc(=Cc3ccc(OCc4ccccc4)cc3)c(=O)n2C1c1ccc(OC)cc1. The second kappa shape index (κ2) is 10.9. The van der Waals surface area contributed by atoms with Gasteiger partial charge in [0.25, 0.3) is 5.56 Å². The molecular weight excluding hydrogens is 500 g/mol. The smallest absolute Gasteiger partial charge is 0.338 e. The third kappa shape index (κ3) is 5.03. The van der Waals surface area contributed by atoms with Gasteiger partial charge in [-0.3, -0.25) is 9.36 Å². The largest absolute Gasteiger partial charge is 0.497 e. The van der Waals surface area contributed by atoms with Crippen LogP contribution in [0.1, 0.15) is 29.7 Å². The lowest BCUT2D eigenvalue weighted by molar-refractivity contribution is -0.136. The highest BCUT2D eigenvalue weighted by molar-refractivity contribution is 7.07. The van der Waals surface area contributed by atoms with Gasteiger partial charge >= 0.3 is 5.97 Å². The fraction of sp³-hybridized carbons (Fsp3) is 0.167. The van der Waals surface area contributed by atoms with Gasteiger partial charge in [0.2, 0.25) is 0 Å². The highest BCUT2D eigenvalue weighted by atomic mass is 32.1. The molecule has 0 N–H and O–H groups in total. The molecule has 0 saturated carbocycles. The molecule has 4 aromatic rings. The van der Waals surface area contributed by atoms with E-state index in [0.29, 0.717) is 33.0 Å². The number of hydrogen-bond acceptors (Lipinski definition) is 7. The number of rotatable bonds is 7. The van der Waals surface area contributed by atoms with Crippen LogP contribution in [0, 0.1) is 0 Å². The van der Waals surface area contributed by atoms with E-state index in [0.717, 1.165) is 22.4 Å². The monoisotopic (exact) mass is 526 g/mol. The highest BCUT2D eigenvalue weighted by Gasteiger charge is 2.33. The van der Waals surface area contributed by atoms with Gasteiger partial charge in [0, 0.05) is 0 Å². The molecule has 1 unspecified atom stereocenters. The van der Waals surface area contributed by atoms with Gasteiger partial charge in [-0.2, -0.15) is 0 Å². The minimum Gasteiger partial charge on any atom is -0.497 e. The molecular formula is C30H26N2O5S. The first-order chi connectivity index (χ1) is 18.5. The van der Waals surface area contributed by atoms with Crippen molar-refractivity contribution in [1.29, 1.82) is 0 Å². The number of carbonyl (C=O) groups excluding carboxylic acids is 1. The lowest BCUT2D eigenvalue weighted by Gasteiger charge is -2.24. The number of aromatic nitrogens is 1. The van der Waals surface area contributed by atoms with E-state index in [1.165, 1.54) is 18.4 Å². The van der Waals surface area contributed by atoms with Gasteiger partial charge in [0.05, 0.1) is 36.1 Å². The molecule has 38 heavy (non-hydrogen) atoms. The topological polar surface area (TPSA) is 79.1 Å². The summed E-state index contributed by atoms with van der Waals surface area (Å²) in [6.45, 7) is 2.24. The lowest BCUT2D eigenvalue weighted by Crippen LogP contribution is -2.39. The fourth-order valence-corrected chi connectivity index (χ4v) is 5.39. The fourth-order valence-electron chi connectivity index (χ4n) is 4.35. The average Bonchev–Trinajstić information content (AvgIpc) is 3.26. The Morgan fingerprint density at radius 2 is 1.66 bits per heavy atom. The zero-order valence-corrected chi connectivity index (χ0v) is 22.0. The van der Waals surface area contributed by atoms with E-state index >= 15 is 0 Å². The molecule has 1 aliphatic rings. The zero-order valence-electron chi connectivity index (χ0n) is 21.2. The average molecular weight is 527 g/mol. The number of fused-ring (bicyclic) bond motifs is 1. The van der Waals surface area contributed by atoms with E-state index < -0.39 is 12.0 Å². The number of allylic oxidation sites excluding steroid dienone is 1. The van der Waals surface area contributed by atoms with Crippen molar-refractivity contribution in [2.45, 2.75) is 19.6 Å². The molecule has 8 heteroatoms. The predicted octanol–water partition coefficient (Wildman–Crippen LogP) is 4.00. The van der Waals surface area contributed by atoms with Crippen molar-refractivity contribution in [3.05, 3.63) is 127 Å². The Kier molecular flexibility index (Phi) is 7.24. The molecule has 0 amide bonds. The van der Waals surface area contributed by atoms with Gasteiger partial charge in [-0.15, -0.1) is 0 Å². The molecule has 0 radical (unpaired) electrons. The number of thiazole rings is 1. The van der Waals surface area contributed by atoms with Crippen molar-refractivity contribution in [2.75, 3.05) is 14.2 Å². The van der Waals surface area contributed by atoms with Crippen LogP contribution in [0.5, 0.6) is 11.5 Å². The Morgan fingerprint density at radius 1 is 0.974 bits per heavy atom. The summed E-state index contributed by atoms with van der Waals surface area (Å²) in [5.74, 6) is 0.899. The van der Waals surface area contributed by atoms with E-state index in [2.05, 4.69) is 4.99 Å². The quantitative estimate of drug-likeness (QED) is 0.340. The van der Waals surface area contributed by atoms with Crippen LogP contribution >= 0.6 is 11.3 Å². The van der Waals surface area contributed by atoms with Gasteiger partial charge in [-0.05, 0) is 54.0 Å². The molecule has 1 aromatic heterocycles. The Bertz CT molecular complexity index is 1670. The minimum atomic E-state index is -0.666. The number of carbonyl (C=O) groups is 1. The molecule has 192 valence electrons. The van der Waals surface area contributed by atoms with Gasteiger partial charge in [-0.25, -0.2) is 9.79 Å². The van der Waals surface area contributed by atoms with E-state index in [1.54, 1.807) is 30.7 Å². The number of methoxy groups -OCH3 is 2. The number of nitrogens with zero attached hydrogens (tertiary/aromatic N) is 2. The Balaban J connectivity index is 1.51. The summed E-state index contributed by atoms with van der Waals surface area (Å²) in [6, 6.07) is 24.2. The van der Waals surface area contributed by atoms with E-state index in [9.17, 15) is 9.59 Å². The van der Waals surface area contributed by atoms with Crippen molar-refractivity contribution in [1.82, 2.24) is 4.57 Å². The molecule has 1 aliphatic heterocycles. The molecule has 1 atom stereocenters. The molecule has 0 aliphatic carbocycles. The van der Waals surface area contributed by atoms with E-state index in [1.807, 2.05) is 72.8 Å². The number of ether oxygens (including phenoxy) is 3. The molecule has 0 fully saturated rings. The van der Waals surface area contributed by atoms with Gasteiger partial charge in [0.1, 0.15) is 18.1 Å². The summed E-state index contributed by atoms with van der Waals surface area (Å²) in [7, 11) is 2.91. The molecule has 0 saturated heterocycles. The van der Waals surface area contributed by atoms with Crippen LogP contribution in [-0.2, 0) is 16.1 Å². The molecule has 2 heterocycles. The molecule has 0 bridgehead atoms. The normalized spacial score (nSPS) is 15.0. The summed E-state index contributed by atoms with van der Waals surface area (Å²) < 4.78 is 18.3. The Labute approximate surface area is 223 Å². The Hall–Kier alpha value is -4.43. The standard InChI is InChI=1S/C30H26N2O5S/c1-19-26(29(34)36-3)27(22-11-15-23(35-2)16-12-22)32-28(33)25(38-30(32)31-19)17-20-9-13-24(14-10-20)37-18-21-7-5-4-6-8-21/h4-17,27H,18H2,1-3H3. The van der Waals surface area contributed by atoms with E-state index in [4.69, 9.17) is 14.2 Å². The third-order valence-corrected chi connectivity index (χ3v) is 7.27. The zero-order chi connectivity index (χ0) is 26.6. The van der Waals surface area contributed by atoms with Crippen LogP contribution < -0.4 is 24.4 Å². The first kappa shape index (κ1) is 25.2. The van der Waals surface area contributed by atoms with Crippen molar-refractivity contribution in [3.63, 3.8) is 0 Å². The van der Waals surface area contributed by atoms with Crippen LogP contribution in [0.15, 0.2) is 99.9 Å². The van der Waals surface area contributed by atoms with Crippen molar-refractivity contribution < 1.29 is 19.0 Å². The Morgan fingerprint density at radius 3 is 2.32 bits per heavy atom. The summed E-state index contributed by atoms with van der Waals surface area (Å²) in [6.07, 6.45) is 1.83. The van der Waals surface area contributed by atoms with Crippen molar-refractivity contribution >= 4 is 23.4 Å². The minimum absolute atomic E-state index is 0.229. The number of benzene rings is 3. The summed E-state index contributed by atoms with van der Waals surface area (Å²) in [5, 5.41) is 0. The first-order valence-corrected chi connectivity index (χ1v) is 12.8. The van der Waals surface area contributed by atoms with Crippen molar-refractivity contribution in [2.24, 2.45) is 4.99 Å². The first-order valence-electron chi connectivity index (χ1n) is 12.0. The maximum Gasteiger partial charge on any atom is 0.338 e. The van der Waals surface area contributed by atoms with Crippen LogP contribution in [-0.4, -0.2) is 24.8 Å². The number of hydrogen-bond donors (Lipinski definition) is 0. The number of esters is 1. The summed E-state index contributed by atoms with van der Waals surface area (Å²) in [5.41, 5.74) is 3.32. The van der Waals surface area contributed by atoms with Crippen LogP contribution in [0.25, 0.3) is 6.08 Å². The molecule has 7 nitrogen and oxygen atoms in total. The van der Waals surface area contributed by atoms with Crippen LogP contribution in [0.2, 0.25) is 0 Å². The van der Waals surface area contributed by atoms with Crippen molar-refractivity contribution in [3.8, 4) is 11.5 Å². The molecule has 5 rings (SSSR count). The molecule has 0 spiro atoms. The highest BCUT2D eigenvalue weighted by Crippen LogP contribution is 2.31. The van der Waals surface area contributed by atoms with E-state index in [-0.39, 0.29) is 5.56 Å². The summed E-state index contributed by atoms with van der Waals surface area (Å²) in [4.78, 5) is 31.6. The van der Waals surface area contributed by atoms with Gasteiger partial charge in [-0.1, -0.05) is 65.9 Å². The van der Waals surface area contributed by atoms with Crippen LogP contribution in [0.4, 0.5) is 0 Å². The third-order valence-electron chi connectivity index (χ3n) is 6.28. The maximum atomic E-state index is 13.7. The molecule has 3 aromatic carbocycles. The predicted molar refractivity (Wildman–Crippen MR) is 146 cm³/mol.